The first-order valence-corrected chi connectivity index (χ1v) is 9.76. The zero-order valence-electron chi connectivity index (χ0n) is 17.0. The van der Waals surface area contributed by atoms with Crippen LogP contribution in [0.15, 0.2) is 84.9 Å². The Morgan fingerprint density at radius 1 is 0.656 bits per heavy atom. The molecule has 0 saturated carbocycles. The van der Waals surface area contributed by atoms with E-state index >= 15 is 0 Å². The van der Waals surface area contributed by atoms with Crippen molar-refractivity contribution in [3.05, 3.63) is 119 Å². The lowest BCUT2D eigenvalue weighted by molar-refractivity contribution is -0.139. The predicted molar refractivity (Wildman–Crippen MR) is 117 cm³/mol. The minimum Gasteiger partial charge on any atom is -0.458 e. The number of hydrogen-bond donors (Lipinski definition) is 0. The van der Waals surface area contributed by atoms with Crippen LogP contribution >= 0.6 is 0 Å². The number of halogens is 2. The van der Waals surface area contributed by atoms with E-state index in [1.165, 1.54) is 48.6 Å². The topological polar surface area (TPSA) is 52.6 Å². The average molecular weight is 434 g/mol. The van der Waals surface area contributed by atoms with Crippen LogP contribution in [0.1, 0.15) is 22.3 Å². The van der Waals surface area contributed by atoms with Crippen LogP contribution in [0.5, 0.6) is 0 Å². The van der Waals surface area contributed by atoms with Gasteiger partial charge in [0.2, 0.25) is 0 Å². The molecule has 0 atom stereocenters. The lowest BCUT2D eigenvalue weighted by Gasteiger charge is -2.05. The van der Waals surface area contributed by atoms with Crippen molar-refractivity contribution in [2.24, 2.45) is 0 Å². The van der Waals surface area contributed by atoms with Gasteiger partial charge in [-0.3, -0.25) is 0 Å². The molecule has 0 aliphatic rings. The van der Waals surface area contributed by atoms with E-state index in [2.05, 4.69) is 0 Å². The Bertz CT molecular complexity index is 1040. The van der Waals surface area contributed by atoms with Gasteiger partial charge in [0.05, 0.1) is 0 Å². The van der Waals surface area contributed by atoms with Gasteiger partial charge in [-0.1, -0.05) is 48.5 Å². The van der Waals surface area contributed by atoms with Crippen molar-refractivity contribution < 1.29 is 27.8 Å². The highest BCUT2D eigenvalue weighted by Gasteiger charge is 2.03. The molecule has 0 spiro atoms. The Labute approximate surface area is 184 Å². The van der Waals surface area contributed by atoms with Crippen molar-refractivity contribution in [1.82, 2.24) is 0 Å². The molecule has 162 valence electrons. The third-order valence-electron chi connectivity index (χ3n) is 4.31. The smallest absolute Gasteiger partial charge is 0.331 e. The summed E-state index contributed by atoms with van der Waals surface area (Å²) in [6, 6.07) is 18.8. The van der Waals surface area contributed by atoms with Crippen LogP contribution < -0.4 is 0 Å². The molecule has 0 amide bonds. The molecule has 0 N–H and O–H groups in total. The van der Waals surface area contributed by atoms with E-state index in [0.29, 0.717) is 11.1 Å². The summed E-state index contributed by atoms with van der Waals surface area (Å²) < 4.78 is 36.6. The van der Waals surface area contributed by atoms with Crippen molar-refractivity contribution in [1.29, 1.82) is 0 Å². The third kappa shape index (κ3) is 7.65. The Hall–Kier alpha value is -4.06. The van der Waals surface area contributed by atoms with E-state index in [9.17, 15) is 18.4 Å². The van der Waals surface area contributed by atoms with Crippen LogP contribution in [0.2, 0.25) is 0 Å². The fourth-order valence-corrected chi connectivity index (χ4v) is 2.69. The van der Waals surface area contributed by atoms with Gasteiger partial charge < -0.3 is 9.47 Å². The van der Waals surface area contributed by atoms with Crippen LogP contribution in [-0.2, 0) is 32.3 Å². The number of carbonyl (C=O) groups is 2. The molecule has 3 aromatic rings. The SMILES string of the molecule is O=C(/C=C/c1cccc(F)c1)OCc1ccc(COC(=O)/C=C/c2cccc(F)c2)cc1. The van der Waals surface area contributed by atoms with Crippen molar-refractivity contribution in [2.75, 3.05) is 0 Å². The highest BCUT2D eigenvalue weighted by atomic mass is 19.1. The largest absolute Gasteiger partial charge is 0.458 e. The predicted octanol–water partition coefficient (Wildman–Crippen LogP) is 5.48. The van der Waals surface area contributed by atoms with Gasteiger partial charge in [-0.25, -0.2) is 18.4 Å². The van der Waals surface area contributed by atoms with Crippen LogP contribution in [-0.4, -0.2) is 11.9 Å². The van der Waals surface area contributed by atoms with Crippen molar-refractivity contribution in [3.8, 4) is 0 Å². The normalized spacial score (nSPS) is 11.1. The van der Waals surface area contributed by atoms with Gasteiger partial charge in [0.1, 0.15) is 24.8 Å². The highest BCUT2D eigenvalue weighted by Crippen LogP contribution is 2.10. The third-order valence-corrected chi connectivity index (χ3v) is 4.31. The summed E-state index contributed by atoms with van der Waals surface area (Å²) in [5.74, 6) is -1.85. The molecule has 0 aromatic heterocycles. The fourth-order valence-electron chi connectivity index (χ4n) is 2.69. The van der Waals surface area contributed by atoms with Crippen LogP contribution in [0.4, 0.5) is 8.78 Å². The van der Waals surface area contributed by atoms with Gasteiger partial charge in [0.15, 0.2) is 0 Å². The molecule has 0 heterocycles. The van der Waals surface area contributed by atoms with E-state index in [1.54, 1.807) is 48.5 Å². The minimum absolute atomic E-state index is 0.0722. The molecule has 3 rings (SSSR count). The molecule has 3 aromatic carbocycles. The van der Waals surface area contributed by atoms with E-state index in [4.69, 9.17) is 9.47 Å². The maximum Gasteiger partial charge on any atom is 0.331 e. The molecular formula is C26H20F2O4. The van der Waals surface area contributed by atoms with Crippen LogP contribution in [0.3, 0.4) is 0 Å². The van der Waals surface area contributed by atoms with E-state index < -0.39 is 11.9 Å². The lowest BCUT2D eigenvalue weighted by atomic mass is 10.1. The van der Waals surface area contributed by atoms with Crippen LogP contribution in [0.25, 0.3) is 12.2 Å². The van der Waals surface area contributed by atoms with E-state index in [0.717, 1.165) is 11.1 Å². The lowest BCUT2D eigenvalue weighted by Crippen LogP contribution is -2.02. The molecule has 4 nitrogen and oxygen atoms in total. The van der Waals surface area contributed by atoms with Gasteiger partial charge in [0.25, 0.3) is 0 Å². The van der Waals surface area contributed by atoms with Crippen molar-refractivity contribution in [2.45, 2.75) is 13.2 Å². The van der Waals surface area contributed by atoms with E-state index in [-0.39, 0.29) is 24.8 Å². The van der Waals surface area contributed by atoms with Gasteiger partial charge in [-0.2, -0.15) is 0 Å². The van der Waals surface area contributed by atoms with Crippen molar-refractivity contribution in [3.63, 3.8) is 0 Å². The number of esters is 2. The zero-order chi connectivity index (χ0) is 22.8. The number of rotatable bonds is 8. The summed E-state index contributed by atoms with van der Waals surface area (Å²) in [5.41, 5.74) is 2.65. The number of hydrogen-bond acceptors (Lipinski definition) is 4. The Kier molecular flexibility index (Phi) is 8.03. The second-order valence-electron chi connectivity index (χ2n) is 6.81. The Morgan fingerprint density at radius 3 is 1.44 bits per heavy atom. The van der Waals surface area contributed by atoms with Crippen molar-refractivity contribution >= 4 is 24.1 Å². The molecule has 0 aliphatic heterocycles. The minimum atomic E-state index is -0.544. The van der Waals surface area contributed by atoms with Crippen LogP contribution in [0, 0.1) is 11.6 Å². The highest BCUT2D eigenvalue weighted by molar-refractivity contribution is 5.87. The first-order valence-electron chi connectivity index (χ1n) is 9.76. The summed E-state index contributed by atoms with van der Waals surface area (Å²) in [4.78, 5) is 23.6. The zero-order valence-corrected chi connectivity index (χ0v) is 17.0. The molecule has 0 aliphatic carbocycles. The number of benzene rings is 3. The standard InChI is InChI=1S/C26H20F2O4/c27-23-5-1-3-19(15-23)11-13-25(29)31-17-21-7-9-22(10-8-21)18-32-26(30)14-12-20-4-2-6-24(28)16-20/h1-16H,17-18H2/b13-11+,14-12+. The second kappa shape index (κ2) is 11.4. The Morgan fingerprint density at radius 2 is 1.06 bits per heavy atom. The summed E-state index contributed by atoms with van der Waals surface area (Å²) in [7, 11) is 0. The summed E-state index contributed by atoms with van der Waals surface area (Å²) in [5, 5.41) is 0. The molecule has 0 fully saturated rings. The first-order chi connectivity index (χ1) is 15.5. The first kappa shape index (κ1) is 22.6. The molecule has 6 heteroatoms. The van der Waals surface area contributed by atoms with Gasteiger partial charge in [-0.15, -0.1) is 0 Å². The average Bonchev–Trinajstić information content (AvgIpc) is 2.79. The quantitative estimate of drug-likeness (QED) is 0.348. The van der Waals surface area contributed by atoms with E-state index in [1.807, 2.05) is 0 Å². The number of ether oxygens (including phenoxy) is 2. The molecular weight excluding hydrogens is 414 g/mol. The fraction of sp³-hybridized carbons (Fsp3) is 0.0769. The maximum atomic E-state index is 13.1. The summed E-state index contributed by atoms with van der Waals surface area (Å²) >= 11 is 0. The summed E-state index contributed by atoms with van der Waals surface area (Å²) in [6.45, 7) is 0.144. The molecule has 0 saturated heterocycles. The van der Waals surface area contributed by atoms with Gasteiger partial charge in [0, 0.05) is 12.2 Å². The molecule has 0 unspecified atom stereocenters. The molecule has 0 bridgehead atoms. The number of carbonyl (C=O) groups excluding carboxylic acids is 2. The molecule has 0 radical (unpaired) electrons. The van der Waals surface area contributed by atoms with Gasteiger partial charge in [-0.05, 0) is 58.7 Å². The van der Waals surface area contributed by atoms with Gasteiger partial charge >= 0.3 is 11.9 Å². The maximum absolute atomic E-state index is 13.1. The Balaban J connectivity index is 1.42. The second-order valence-corrected chi connectivity index (χ2v) is 6.81. The summed E-state index contributed by atoms with van der Waals surface area (Å²) in [6.07, 6.45) is 5.43. The monoisotopic (exact) mass is 434 g/mol. The molecule has 32 heavy (non-hydrogen) atoms.